The maximum atomic E-state index is 12.3. The van der Waals surface area contributed by atoms with E-state index in [0.29, 0.717) is 15.7 Å². The molecule has 0 atom stereocenters. The van der Waals surface area contributed by atoms with Gasteiger partial charge in [0.15, 0.2) is 0 Å². The first-order valence-electron chi connectivity index (χ1n) is 7.94. The molecular weight excluding hydrogens is 409 g/mol. The van der Waals surface area contributed by atoms with Crippen molar-refractivity contribution in [1.29, 1.82) is 0 Å². The zero-order valence-corrected chi connectivity index (χ0v) is 16.3. The van der Waals surface area contributed by atoms with Gasteiger partial charge in [-0.15, -0.1) is 0 Å². The Morgan fingerprint density at radius 3 is 2.11 bits per heavy atom. The molecule has 27 heavy (non-hydrogen) atoms. The van der Waals surface area contributed by atoms with Crippen LogP contribution in [0.3, 0.4) is 0 Å². The summed E-state index contributed by atoms with van der Waals surface area (Å²) >= 11 is 11.6. The second kappa shape index (κ2) is 8.22. The van der Waals surface area contributed by atoms with Crippen LogP contribution in [0.15, 0.2) is 70.4 Å². The number of nitrogens with one attached hydrogen (secondary N) is 1. The van der Waals surface area contributed by atoms with Crippen LogP contribution in [0.2, 0.25) is 10.0 Å². The summed E-state index contributed by atoms with van der Waals surface area (Å²) in [7, 11) is -3.69. The first-order valence-corrected chi connectivity index (χ1v) is 10.2. The Bertz CT molecular complexity index is 1100. The molecule has 0 amide bonds. The highest BCUT2D eigenvalue weighted by atomic mass is 35.5. The quantitative estimate of drug-likeness (QED) is 0.659. The van der Waals surface area contributed by atoms with Crippen LogP contribution in [0, 0.1) is 0 Å². The molecule has 9 heteroatoms. The van der Waals surface area contributed by atoms with Crippen LogP contribution in [-0.4, -0.2) is 24.7 Å². The number of sulfonamides is 1. The van der Waals surface area contributed by atoms with Crippen molar-refractivity contribution < 1.29 is 8.42 Å². The number of halogens is 2. The highest BCUT2D eigenvalue weighted by molar-refractivity contribution is 7.89. The van der Waals surface area contributed by atoms with E-state index in [4.69, 9.17) is 23.2 Å². The van der Waals surface area contributed by atoms with Gasteiger partial charge in [0.2, 0.25) is 10.0 Å². The summed E-state index contributed by atoms with van der Waals surface area (Å²) in [6, 6.07) is 15.9. The SMILES string of the molecule is O=c1ccc(-c2ccc(Cl)cc2)nn1CCNS(=O)(=O)c1ccc(Cl)cc1. The minimum Gasteiger partial charge on any atom is -0.268 e. The fourth-order valence-electron chi connectivity index (χ4n) is 2.37. The van der Waals surface area contributed by atoms with Gasteiger partial charge in [-0.3, -0.25) is 4.79 Å². The Balaban J connectivity index is 1.72. The number of nitrogens with zero attached hydrogens (tertiary/aromatic N) is 2. The molecule has 0 radical (unpaired) electrons. The average molecular weight is 424 g/mol. The molecule has 3 rings (SSSR count). The third-order valence-corrected chi connectivity index (χ3v) is 5.73. The first-order chi connectivity index (χ1) is 12.8. The van der Waals surface area contributed by atoms with E-state index >= 15 is 0 Å². The van der Waals surface area contributed by atoms with Gasteiger partial charge in [0.25, 0.3) is 5.56 Å². The number of rotatable bonds is 6. The zero-order valence-electron chi connectivity index (χ0n) is 14.0. The van der Waals surface area contributed by atoms with E-state index in [1.165, 1.54) is 35.0 Å². The molecule has 0 saturated carbocycles. The van der Waals surface area contributed by atoms with Gasteiger partial charge in [0, 0.05) is 28.2 Å². The van der Waals surface area contributed by atoms with E-state index in [1.54, 1.807) is 30.3 Å². The van der Waals surface area contributed by atoms with Crippen LogP contribution >= 0.6 is 23.2 Å². The van der Waals surface area contributed by atoms with Crippen molar-refractivity contribution in [2.75, 3.05) is 6.54 Å². The molecular formula is C18H15Cl2N3O3S. The first kappa shape index (κ1) is 19.6. The van der Waals surface area contributed by atoms with Crippen molar-refractivity contribution in [3.05, 3.63) is 81.1 Å². The molecule has 0 aliphatic carbocycles. The summed E-state index contributed by atoms with van der Waals surface area (Å²) in [4.78, 5) is 12.1. The molecule has 6 nitrogen and oxygen atoms in total. The van der Waals surface area contributed by atoms with E-state index in [2.05, 4.69) is 9.82 Å². The molecule has 0 aliphatic rings. The van der Waals surface area contributed by atoms with Crippen LogP contribution in [0.1, 0.15) is 0 Å². The number of hydrogen-bond donors (Lipinski definition) is 1. The number of hydrogen-bond acceptors (Lipinski definition) is 4. The smallest absolute Gasteiger partial charge is 0.266 e. The summed E-state index contributed by atoms with van der Waals surface area (Å²) in [5.74, 6) is 0. The zero-order chi connectivity index (χ0) is 19.4. The molecule has 1 heterocycles. The Kier molecular flexibility index (Phi) is 5.96. The van der Waals surface area contributed by atoms with Gasteiger partial charge < -0.3 is 0 Å². The summed E-state index contributed by atoms with van der Waals surface area (Å²) in [5, 5.41) is 5.33. The van der Waals surface area contributed by atoms with Crippen molar-refractivity contribution in [2.24, 2.45) is 0 Å². The molecule has 0 fully saturated rings. The van der Waals surface area contributed by atoms with Crippen LogP contribution in [0.5, 0.6) is 0 Å². The molecule has 0 spiro atoms. The summed E-state index contributed by atoms with van der Waals surface area (Å²) in [6.45, 7) is 0.106. The van der Waals surface area contributed by atoms with Gasteiger partial charge in [0.05, 0.1) is 17.1 Å². The van der Waals surface area contributed by atoms with Gasteiger partial charge in [-0.2, -0.15) is 5.10 Å². The Labute approximate surface area is 166 Å². The summed E-state index contributed by atoms with van der Waals surface area (Å²) < 4.78 is 28.2. The van der Waals surface area contributed by atoms with Crippen LogP contribution in [0.4, 0.5) is 0 Å². The van der Waals surface area contributed by atoms with Gasteiger partial charge in [-0.25, -0.2) is 17.8 Å². The molecule has 0 saturated heterocycles. The fraction of sp³-hybridized carbons (Fsp3) is 0.111. The van der Waals surface area contributed by atoms with Crippen molar-refractivity contribution in [2.45, 2.75) is 11.4 Å². The molecule has 2 aromatic carbocycles. The van der Waals surface area contributed by atoms with Gasteiger partial charge in [-0.1, -0.05) is 35.3 Å². The predicted molar refractivity (Wildman–Crippen MR) is 106 cm³/mol. The van der Waals surface area contributed by atoms with Crippen LogP contribution in [0.25, 0.3) is 11.3 Å². The Morgan fingerprint density at radius 2 is 1.48 bits per heavy atom. The summed E-state index contributed by atoms with van der Waals surface area (Å²) in [5.41, 5.74) is 1.07. The third kappa shape index (κ3) is 4.95. The van der Waals surface area contributed by atoms with E-state index in [9.17, 15) is 13.2 Å². The van der Waals surface area contributed by atoms with Gasteiger partial charge >= 0.3 is 0 Å². The lowest BCUT2D eigenvalue weighted by Gasteiger charge is -2.09. The summed E-state index contributed by atoms with van der Waals surface area (Å²) in [6.07, 6.45) is 0. The lowest BCUT2D eigenvalue weighted by atomic mass is 10.1. The largest absolute Gasteiger partial charge is 0.268 e. The van der Waals surface area contributed by atoms with Crippen molar-refractivity contribution in [1.82, 2.24) is 14.5 Å². The molecule has 140 valence electrons. The average Bonchev–Trinajstić information content (AvgIpc) is 2.64. The lowest BCUT2D eigenvalue weighted by molar-refractivity contribution is 0.549. The second-order valence-electron chi connectivity index (χ2n) is 5.64. The van der Waals surface area contributed by atoms with E-state index in [1.807, 2.05) is 0 Å². The molecule has 0 unspecified atom stereocenters. The van der Waals surface area contributed by atoms with Crippen molar-refractivity contribution >= 4 is 33.2 Å². The fourth-order valence-corrected chi connectivity index (χ4v) is 3.64. The van der Waals surface area contributed by atoms with E-state index in [-0.39, 0.29) is 23.5 Å². The minimum absolute atomic E-state index is 0.0158. The highest BCUT2D eigenvalue weighted by Gasteiger charge is 2.13. The lowest BCUT2D eigenvalue weighted by Crippen LogP contribution is -2.32. The molecule has 0 aliphatic heterocycles. The third-order valence-electron chi connectivity index (χ3n) is 3.75. The normalized spacial score (nSPS) is 11.5. The predicted octanol–water partition coefficient (Wildman–Crippen LogP) is 3.20. The standard InChI is InChI=1S/C18H15Cl2N3O3S/c19-14-3-1-13(2-4-14)17-9-10-18(24)23(22-17)12-11-21-27(25,26)16-7-5-15(20)6-8-16/h1-10,21H,11-12H2. The second-order valence-corrected chi connectivity index (χ2v) is 8.28. The van der Waals surface area contributed by atoms with E-state index in [0.717, 1.165) is 5.56 Å². The monoisotopic (exact) mass is 423 g/mol. The van der Waals surface area contributed by atoms with Crippen LogP contribution < -0.4 is 10.3 Å². The van der Waals surface area contributed by atoms with Crippen LogP contribution in [-0.2, 0) is 16.6 Å². The maximum Gasteiger partial charge on any atom is 0.266 e. The Morgan fingerprint density at radius 1 is 0.889 bits per heavy atom. The molecule has 3 aromatic rings. The maximum absolute atomic E-state index is 12.3. The van der Waals surface area contributed by atoms with Gasteiger partial charge in [-0.05, 0) is 42.5 Å². The topological polar surface area (TPSA) is 81.1 Å². The number of benzene rings is 2. The van der Waals surface area contributed by atoms with Gasteiger partial charge in [0.1, 0.15) is 0 Å². The van der Waals surface area contributed by atoms with Crippen molar-refractivity contribution in [3.63, 3.8) is 0 Å². The highest BCUT2D eigenvalue weighted by Crippen LogP contribution is 2.18. The van der Waals surface area contributed by atoms with Crippen molar-refractivity contribution in [3.8, 4) is 11.3 Å². The molecule has 0 bridgehead atoms. The number of aromatic nitrogens is 2. The van der Waals surface area contributed by atoms with E-state index < -0.39 is 10.0 Å². The molecule has 1 aromatic heterocycles. The molecule has 1 N–H and O–H groups in total. The Hall–Kier alpha value is -2.19. The minimum atomic E-state index is -3.69.